The fourth-order valence-electron chi connectivity index (χ4n) is 3.04. The molecule has 140 valence electrons. The van der Waals surface area contributed by atoms with Crippen molar-refractivity contribution in [2.75, 3.05) is 25.6 Å². The van der Waals surface area contributed by atoms with Gasteiger partial charge in [0, 0.05) is 6.61 Å². The fraction of sp³-hybridized carbons (Fsp3) is 0.300. The lowest BCUT2D eigenvalue weighted by molar-refractivity contribution is 0.0673. The largest absolute Gasteiger partial charge is 0.494 e. The minimum atomic E-state index is -0.254. The molecule has 1 aromatic heterocycles. The lowest BCUT2D eigenvalue weighted by atomic mass is 10.2. The second-order valence-corrected chi connectivity index (χ2v) is 7.25. The SMILES string of the molecule is COc1cccc2sc(NC(=O)c3ccccc3OCC3CCCO3)nc12. The van der Waals surface area contributed by atoms with Crippen molar-refractivity contribution in [1.82, 2.24) is 4.98 Å². The molecule has 0 saturated carbocycles. The first-order valence-corrected chi connectivity index (χ1v) is 9.64. The van der Waals surface area contributed by atoms with E-state index >= 15 is 0 Å². The van der Waals surface area contributed by atoms with Crippen LogP contribution in [0.25, 0.3) is 10.2 Å². The molecule has 1 unspecified atom stereocenters. The first-order chi connectivity index (χ1) is 13.2. The number of aromatic nitrogens is 1. The number of amides is 1. The molecule has 6 nitrogen and oxygen atoms in total. The summed E-state index contributed by atoms with van der Waals surface area (Å²) in [6, 6.07) is 12.9. The van der Waals surface area contributed by atoms with Gasteiger partial charge >= 0.3 is 0 Å². The summed E-state index contributed by atoms with van der Waals surface area (Å²) in [5, 5.41) is 3.39. The molecule has 1 saturated heterocycles. The summed E-state index contributed by atoms with van der Waals surface area (Å²) in [6.07, 6.45) is 2.14. The van der Waals surface area contributed by atoms with Crippen molar-refractivity contribution in [1.29, 1.82) is 0 Å². The van der Waals surface area contributed by atoms with Gasteiger partial charge in [-0.3, -0.25) is 10.1 Å². The van der Waals surface area contributed by atoms with Crippen LogP contribution in [0.3, 0.4) is 0 Å². The van der Waals surface area contributed by atoms with Crippen molar-refractivity contribution in [2.24, 2.45) is 0 Å². The van der Waals surface area contributed by atoms with Crippen LogP contribution in [-0.4, -0.2) is 37.3 Å². The number of benzene rings is 2. The maximum absolute atomic E-state index is 12.8. The Kier molecular flexibility index (Phi) is 5.22. The number of fused-ring (bicyclic) bond motifs is 1. The van der Waals surface area contributed by atoms with E-state index in [-0.39, 0.29) is 12.0 Å². The highest BCUT2D eigenvalue weighted by Crippen LogP contribution is 2.32. The molecule has 1 fully saturated rings. The number of carbonyl (C=O) groups is 1. The molecule has 0 bridgehead atoms. The summed E-state index contributed by atoms with van der Waals surface area (Å²) in [5.41, 5.74) is 1.21. The third kappa shape index (κ3) is 3.89. The van der Waals surface area contributed by atoms with Gasteiger partial charge in [-0.05, 0) is 37.1 Å². The molecule has 1 atom stereocenters. The van der Waals surface area contributed by atoms with Crippen LogP contribution in [0.15, 0.2) is 42.5 Å². The van der Waals surface area contributed by atoms with Gasteiger partial charge in [0.1, 0.15) is 23.6 Å². The number of carbonyl (C=O) groups excluding carboxylic acids is 1. The monoisotopic (exact) mass is 384 g/mol. The van der Waals surface area contributed by atoms with E-state index < -0.39 is 0 Å². The Morgan fingerprint density at radius 2 is 2.11 bits per heavy atom. The molecule has 0 radical (unpaired) electrons. The van der Waals surface area contributed by atoms with Gasteiger partial charge < -0.3 is 14.2 Å². The van der Waals surface area contributed by atoms with Gasteiger partial charge in [-0.15, -0.1) is 0 Å². The number of ether oxygens (including phenoxy) is 3. The first kappa shape index (κ1) is 17.8. The minimum Gasteiger partial charge on any atom is -0.494 e. The van der Waals surface area contributed by atoms with E-state index in [4.69, 9.17) is 14.2 Å². The molecule has 1 aliphatic rings. The van der Waals surface area contributed by atoms with Gasteiger partial charge in [0.15, 0.2) is 5.13 Å². The van der Waals surface area contributed by atoms with Crippen molar-refractivity contribution in [3.05, 3.63) is 48.0 Å². The highest BCUT2D eigenvalue weighted by atomic mass is 32.1. The van der Waals surface area contributed by atoms with E-state index in [1.807, 2.05) is 30.3 Å². The van der Waals surface area contributed by atoms with Gasteiger partial charge in [-0.2, -0.15) is 0 Å². The Hall–Kier alpha value is -2.64. The number of thiazole rings is 1. The summed E-state index contributed by atoms with van der Waals surface area (Å²) in [4.78, 5) is 17.3. The first-order valence-electron chi connectivity index (χ1n) is 8.83. The van der Waals surface area contributed by atoms with Gasteiger partial charge in [0.2, 0.25) is 0 Å². The Bertz CT molecular complexity index is 950. The summed E-state index contributed by atoms with van der Waals surface area (Å²) in [6.45, 7) is 1.22. The maximum Gasteiger partial charge on any atom is 0.261 e. The van der Waals surface area contributed by atoms with Crippen LogP contribution in [0.1, 0.15) is 23.2 Å². The molecule has 2 aromatic carbocycles. The smallest absolute Gasteiger partial charge is 0.261 e. The number of nitrogens with zero attached hydrogens (tertiary/aromatic N) is 1. The molecular weight excluding hydrogens is 364 g/mol. The predicted octanol–water partition coefficient (Wildman–Crippen LogP) is 4.12. The Labute approximate surface area is 161 Å². The molecule has 1 amide bonds. The number of hydrogen-bond donors (Lipinski definition) is 1. The average molecular weight is 384 g/mol. The normalized spacial score (nSPS) is 16.4. The van der Waals surface area contributed by atoms with E-state index in [0.717, 1.165) is 29.7 Å². The summed E-state index contributed by atoms with van der Waals surface area (Å²) >= 11 is 1.41. The van der Waals surface area contributed by atoms with Crippen molar-refractivity contribution < 1.29 is 19.0 Å². The van der Waals surface area contributed by atoms with E-state index in [1.54, 1.807) is 19.2 Å². The van der Waals surface area contributed by atoms with Crippen molar-refractivity contribution >= 4 is 32.6 Å². The molecule has 1 aliphatic heterocycles. The van der Waals surface area contributed by atoms with Crippen LogP contribution in [0.4, 0.5) is 5.13 Å². The summed E-state index contributed by atoms with van der Waals surface area (Å²) in [7, 11) is 1.61. The van der Waals surface area contributed by atoms with Crippen LogP contribution in [-0.2, 0) is 4.74 Å². The fourth-order valence-corrected chi connectivity index (χ4v) is 3.92. The second kappa shape index (κ2) is 7.94. The molecule has 4 rings (SSSR count). The van der Waals surface area contributed by atoms with E-state index in [2.05, 4.69) is 10.3 Å². The number of para-hydroxylation sites is 2. The van der Waals surface area contributed by atoms with Crippen LogP contribution >= 0.6 is 11.3 Å². The summed E-state index contributed by atoms with van der Waals surface area (Å²) in [5.74, 6) is 0.977. The number of nitrogens with one attached hydrogen (secondary N) is 1. The minimum absolute atomic E-state index is 0.0952. The quantitative estimate of drug-likeness (QED) is 0.692. The van der Waals surface area contributed by atoms with Gasteiger partial charge in [0.25, 0.3) is 5.91 Å². The zero-order valence-corrected chi connectivity index (χ0v) is 15.8. The van der Waals surface area contributed by atoms with Crippen LogP contribution in [0.2, 0.25) is 0 Å². The van der Waals surface area contributed by atoms with Gasteiger partial charge in [-0.25, -0.2) is 4.98 Å². The Morgan fingerprint density at radius 3 is 2.93 bits per heavy atom. The van der Waals surface area contributed by atoms with Gasteiger partial charge in [0.05, 0.1) is 23.5 Å². The third-order valence-corrected chi connectivity index (χ3v) is 5.34. The Morgan fingerprint density at radius 1 is 1.26 bits per heavy atom. The predicted molar refractivity (Wildman–Crippen MR) is 105 cm³/mol. The lowest BCUT2D eigenvalue weighted by Crippen LogP contribution is -2.19. The highest BCUT2D eigenvalue weighted by Gasteiger charge is 2.19. The molecular formula is C20H20N2O4S. The molecule has 0 aliphatic carbocycles. The molecule has 0 spiro atoms. The number of anilines is 1. The lowest BCUT2D eigenvalue weighted by Gasteiger charge is -2.14. The molecule has 27 heavy (non-hydrogen) atoms. The van der Waals surface area contributed by atoms with E-state index in [0.29, 0.717) is 28.8 Å². The number of methoxy groups -OCH3 is 1. The molecule has 2 heterocycles. The van der Waals surface area contributed by atoms with E-state index in [1.165, 1.54) is 11.3 Å². The summed E-state index contributed by atoms with van der Waals surface area (Å²) < 4.78 is 17.7. The highest BCUT2D eigenvalue weighted by molar-refractivity contribution is 7.22. The zero-order valence-electron chi connectivity index (χ0n) is 14.9. The molecule has 7 heteroatoms. The number of rotatable bonds is 6. The average Bonchev–Trinajstić information content (AvgIpc) is 3.35. The van der Waals surface area contributed by atoms with Crippen molar-refractivity contribution in [2.45, 2.75) is 18.9 Å². The number of hydrogen-bond acceptors (Lipinski definition) is 6. The van der Waals surface area contributed by atoms with Crippen LogP contribution < -0.4 is 14.8 Å². The maximum atomic E-state index is 12.8. The van der Waals surface area contributed by atoms with Crippen molar-refractivity contribution in [3.63, 3.8) is 0 Å². The van der Waals surface area contributed by atoms with E-state index in [9.17, 15) is 4.79 Å². The molecule has 1 N–H and O–H groups in total. The van der Waals surface area contributed by atoms with Gasteiger partial charge in [-0.1, -0.05) is 29.5 Å². The second-order valence-electron chi connectivity index (χ2n) is 6.22. The zero-order chi connectivity index (χ0) is 18.6. The standard InChI is InChI=1S/C20H20N2O4S/c1-24-16-9-4-10-17-18(16)21-20(27-17)22-19(23)14-7-2-3-8-15(14)26-12-13-6-5-11-25-13/h2-4,7-10,13H,5-6,11-12H2,1H3,(H,21,22,23). The topological polar surface area (TPSA) is 69.7 Å². The Balaban J connectivity index is 1.51. The van der Waals surface area contributed by atoms with Crippen LogP contribution in [0, 0.1) is 0 Å². The van der Waals surface area contributed by atoms with Crippen molar-refractivity contribution in [3.8, 4) is 11.5 Å². The third-order valence-electron chi connectivity index (χ3n) is 4.40. The van der Waals surface area contributed by atoms with Crippen LogP contribution in [0.5, 0.6) is 11.5 Å². The molecule has 3 aromatic rings.